The summed E-state index contributed by atoms with van der Waals surface area (Å²) in [5.41, 5.74) is 0.771. The summed E-state index contributed by atoms with van der Waals surface area (Å²) in [4.78, 5) is 14.0. The number of morpholine rings is 1. The average Bonchev–Trinajstić information content (AvgIpc) is 2.95. The van der Waals surface area contributed by atoms with Crippen molar-refractivity contribution in [1.29, 1.82) is 0 Å². The van der Waals surface area contributed by atoms with Crippen molar-refractivity contribution < 1.29 is 27.4 Å². The zero-order valence-corrected chi connectivity index (χ0v) is 20.9. The van der Waals surface area contributed by atoms with Gasteiger partial charge in [0.05, 0.1) is 42.6 Å². The number of aromatic hydroxyl groups is 1. The maximum Gasteiger partial charge on any atom is 0.417 e. The summed E-state index contributed by atoms with van der Waals surface area (Å²) in [5.74, 6) is -0.430. The second-order valence-corrected chi connectivity index (χ2v) is 8.81. The molecule has 0 bridgehead atoms. The molecule has 206 valence electrons. The lowest BCUT2D eigenvalue weighted by Gasteiger charge is -2.27. The van der Waals surface area contributed by atoms with E-state index >= 15 is 0 Å². The van der Waals surface area contributed by atoms with Crippen LogP contribution in [0.4, 0.5) is 40.7 Å². The number of pyridine rings is 1. The maximum atomic E-state index is 14.2. The molecule has 0 saturated carbocycles. The molecule has 13 heteroatoms. The van der Waals surface area contributed by atoms with Gasteiger partial charge >= 0.3 is 6.18 Å². The SMILES string of the molecule is Oc1ccc(-c2ccc(Nc3ccc(CN=Nc4ncc(F)c(N5CCOCC5)n4)nc3)cc2C(F)(F)F)cc1. The van der Waals surface area contributed by atoms with E-state index in [2.05, 4.69) is 30.5 Å². The van der Waals surface area contributed by atoms with Crippen LogP contribution in [-0.2, 0) is 17.5 Å². The van der Waals surface area contributed by atoms with E-state index in [0.717, 1.165) is 12.3 Å². The van der Waals surface area contributed by atoms with Gasteiger partial charge in [0.15, 0.2) is 11.6 Å². The highest BCUT2D eigenvalue weighted by Crippen LogP contribution is 2.39. The van der Waals surface area contributed by atoms with Crippen molar-refractivity contribution in [2.45, 2.75) is 12.7 Å². The Morgan fingerprint density at radius 3 is 2.40 bits per heavy atom. The number of halogens is 4. The fraction of sp³-hybridized carbons (Fsp3) is 0.222. The highest BCUT2D eigenvalue weighted by atomic mass is 19.4. The van der Waals surface area contributed by atoms with Gasteiger partial charge in [0.1, 0.15) is 12.3 Å². The second kappa shape index (κ2) is 11.6. The van der Waals surface area contributed by atoms with E-state index in [1.807, 2.05) is 0 Å². The fourth-order valence-corrected chi connectivity index (χ4v) is 4.07. The Bertz CT molecular complexity index is 1490. The van der Waals surface area contributed by atoms with Gasteiger partial charge in [0.2, 0.25) is 0 Å². The molecule has 4 aromatic rings. The van der Waals surface area contributed by atoms with Crippen molar-refractivity contribution in [2.75, 3.05) is 36.5 Å². The zero-order valence-electron chi connectivity index (χ0n) is 20.9. The van der Waals surface area contributed by atoms with Crippen molar-refractivity contribution in [3.63, 3.8) is 0 Å². The monoisotopic (exact) mass is 553 g/mol. The van der Waals surface area contributed by atoms with Crippen LogP contribution in [0, 0.1) is 5.82 Å². The molecule has 3 heterocycles. The number of rotatable bonds is 7. The number of ether oxygens (including phenoxy) is 1. The average molecular weight is 554 g/mol. The van der Waals surface area contributed by atoms with Gasteiger partial charge in [-0.15, -0.1) is 5.11 Å². The number of anilines is 3. The molecule has 1 aliphatic heterocycles. The first kappa shape index (κ1) is 26.9. The number of nitrogens with one attached hydrogen (secondary N) is 1. The van der Waals surface area contributed by atoms with Gasteiger partial charge < -0.3 is 20.1 Å². The van der Waals surface area contributed by atoms with E-state index in [0.29, 0.717) is 43.2 Å². The predicted octanol–water partition coefficient (Wildman–Crippen LogP) is 6.27. The Hall–Kier alpha value is -4.65. The minimum Gasteiger partial charge on any atom is -0.508 e. The van der Waals surface area contributed by atoms with Gasteiger partial charge in [-0.3, -0.25) is 4.98 Å². The van der Waals surface area contributed by atoms with Gasteiger partial charge in [0.25, 0.3) is 5.95 Å². The van der Waals surface area contributed by atoms with Crippen LogP contribution < -0.4 is 10.2 Å². The summed E-state index contributed by atoms with van der Waals surface area (Å²) in [6.45, 7) is 2.06. The molecule has 0 radical (unpaired) electrons. The number of azo groups is 1. The van der Waals surface area contributed by atoms with Gasteiger partial charge in [-0.05, 0) is 47.5 Å². The Morgan fingerprint density at radius 1 is 0.950 bits per heavy atom. The molecule has 0 spiro atoms. The first-order chi connectivity index (χ1) is 19.3. The van der Waals surface area contributed by atoms with Crippen LogP contribution in [-0.4, -0.2) is 46.4 Å². The lowest BCUT2D eigenvalue weighted by Crippen LogP contribution is -2.37. The van der Waals surface area contributed by atoms with Crippen molar-refractivity contribution in [3.05, 3.63) is 84.1 Å². The van der Waals surface area contributed by atoms with Crippen LogP contribution in [0.1, 0.15) is 11.3 Å². The third kappa shape index (κ3) is 6.49. The first-order valence-electron chi connectivity index (χ1n) is 12.2. The van der Waals surface area contributed by atoms with Crippen LogP contribution in [0.2, 0.25) is 0 Å². The van der Waals surface area contributed by atoms with Crippen molar-refractivity contribution in [2.24, 2.45) is 10.2 Å². The van der Waals surface area contributed by atoms with Crippen molar-refractivity contribution in [3.8, 4) is 16.9 Å². The lowest BCUT2D eigenvalue weighted by atomic mass is 9.98. The molecule has 5 rings (SSSR count). The Morgan fingerprint density at radius 2 is 1.70 bits per heavy atom. The zero-order chi connectivity index (χ0) is 28.1. The molecule has 40 heavy (non-hydrogen) atoms. The third-order valence-electron chi connectivity index (χ3n) is 6.03. The highest BCUT2D eigenvalue weighted by molar-refractivity contribution is 5.73. The molecule has 1 saturated heterocycles. The fourth-order valence-electron chi connectivity index (χ4n) is 4.07. The Kier molecular flexibility index (Phi) is 7.82. The molecule has 0 amide bonds. The number of aromatic nitrogens is 3. The predicted molar refractivity (Wildman–Crippen MR) is 139 cm³/mol. The van der Waals surface area contributed by atoms with Crippen LogP contribution in [0.3, 0.4) is 0 Å². The van der Waals surface area contributed by atoms with E-state index in [1.54, 1.807) is 17.0 Å². The molecule has 2 aromatic heterocycles. The van der Waals surface area contributed by atoms with E-state index in [1.165, 1.54) is 42.6 Å². The van der Waals surface area contributed by atoms with Crippen LogP contribution in [0.15, 0.2) is 77.2 Å². The van der Waals surface area contributed by atoms with E-state index in [9.17, 15) is 22.7 Å². The number of hydrogen-bond donors (Lipinski definition) is 2. The van der Waals surface area contributed by atoms with Gasteiger partial charge in [-0.25, -0.2) is 9.37 Å². The number of nitrogens with zero attached hydrogens (tertiary/aromatic N) is 6. The summed E-state index contributed by atoms with van der Waals surface area (Å²) in [7, 11) is 0. The molecule has 1 fully saturated rings. The lowest BCUT2D eigenvalue weighted by molar-refractivity contribution is -0.137. The quantitative estimate of drug-likeness (QED) is 0.205. The number of benzene rings is 2. The molecule has 0 unspecified atom stereocenters. The van der Waals surface area contributed by atoms with E-state index in [4.69, 9.17) is 4.74 Å². The minimum atomic E-state index is -4.59. The summed E-state index contributed by atoms with van der Waals surface area (Å²) < 4.78 is 60.9. The molecule has 2 aromatic carbocycles. The van der Waals surface area contributed by atoms with E-state index < -0.39 is 17.6 Å². The van der Waals surface area contributed by atoms with Crippen LogP contribution >= 0.6 is 0 Å². The largest absolute Gasteiger partial charge is 0.508 e. The minimum absolute atomic E-state index is 0.000848. The summed E-state index contributed by atoms with van der Waals surface area (Å²) in [6.07, 6.45) is -2.07. The third-order valence-corrected chi connectivity index (χ3v) is 6.03. The standard InChI is InChI=1S/C27H23F4N7O2/c28-24-16-33-26(36-25(24)38-9-11-40-12-10-38)37-34-15-19-3-4-20(14-32-19)35-18-5-8-22(23(13-18)27(29,30)31)17-1-6-21(39)7-2-17/h1-8,13-14,16,35,39H,9-12,15H2. The number of phenols is 1. The molecule has 0 aliphatic carbocycles. The first-order valence-corrected chi connectivity index (χ1v) is 12.2. The van der Waals surface area contributed by atoms with Crippen molar-refractivity contribution in [1.82, 2.24) is 15.0 Å². The van der Waals surface area contributed by atoms with Crippen LogP contribution in [0.5, 0.6) is 5.75 Å². The summed E-state index contributed by atoms with van der Waals surface area (Å²) >= 11 is 0. The molecular weight excluding hydrogens is 530 g/mol. The summed E-state index contributed by atoms with van der Waals surface area (Å²) in [5, 5.41) is 20.4. The topological polar surface area (TPSA) is 108 Å². The number of hydrogen-bond acceptors (Lipinski definition) is 9. The molecular formula is C27H23F4N7O2. The summed E-state index contributed by atoms with van der Waals surface area (Å²) in [6, 6.07) is 12.8. The maximum absolute atomic E-state index is 14.2. The Labute approximate surface area is 226 Å². The second-order valence-electron chi connectivity index (χ2n) is 8.81. The molecule has 1 aliphatic rings. The molecule has 0 atom stereocenters. The van der Waals surface area contributed by atoms with Crippen molar-refractivity contribution >= 4 is 23.1 Å². The Balaban J connectivity index is 1.25. The van der Waals surface area contributed by atoms with Crippen LogP contribution in [0.25, 0.3) is 11.1 Å². The smallest absolute Gasteiger partial charge is 0.417 e. The normalized spacial score (nSPS) is 14.1. The molecule has 9 nitrogen and oxygen atoms in total. The van der Waals surface area contributed by atoms with Gasteiger partial charge in [0, 0.05) is 18.8 Å². The highest BCUT2D eigenvalue weighted by Gasteiger charge is 2.34. The van der Waals surface area contributed by atoms with Gasteiger partial charge in [-0.1, -0.05) is 18.2 Å². The number of alkyl halides is 3. The number of phenolic OH excluding ortho intramolecular Hbond substituents is 1. The van der Waals surface area contributed by atoms with E-state index in [-0.39, 0.29) is 35.3 Å². The molecule has 2 N–H and O–H groups in total. The van der Waals surface area contributed by atoms with Gasteiger partial charge in [-0.2, -0.15) is 23.3 Å².